The van der Waals surface area contributed by atoms with Crippen molar-refractivity contribution < 1.29 is 14.1 Å². The highest BCUT2D eigenvalue weighted by atomic mass is 16.5. The molecule has 5 nitrogen and oxygen atoms in total. The first kappa shape index (κ1) is 14.0. The third kappa shape index (κ3) is 3.03. The van der Waals surface area contributed by atoms with Crippen molar-refractivity contribution in [3.8, 4) is 28.6 Å². The molecule has 0 fully saturated rings. The maximum atomic E-state index is 11.0. The van der Waals surface area contributed by atoms with E-state index < -0.39 is 0 Å². The first-order chi connectivity index (χ1) is 10.6. The SMILES string of the molecule is CC(=O)Oc1cccc(-c2nc(-c3ccc(C)cc3)no2)c1. The van der Waals surface area contributed by atoms with Gasteiger partial charge in [0, 0.05) is 18.1 Å². The zero-order chi connectivity index (χ0) is 15.5. The van der Waals surface area contributed by atoms with Crippen molar-refractivity contribution in [3.63, 3.8) is 0 Å². The van der Waals surface area contributed by atoms with Crippen molar-refractivity contribution >= 4 is 5.97 Å². The minimum absolute atomic E-state index is 0.372. The fourth-order valence-electron chi connectivity index (χ4n) is 2.02. The molecule has 0 saturated carbocycles. The third-order valence-corrected chi connectivity index (χ3v) is 3.08. The smallest absolute Gasteiger partial charge is 0.308 e. The molecule has 3 rings (SSSR count). The number of esters is 1. The molecule has 0 bridgehead atoms. The van der Waals surface area contributed by atoms with Gasteiger partial charge in [0.15, 0.2) is 0 Å². The molecule has 0 radical (unpaired) electrons. The lowest BCUT2D eigenvalue weighted by Crippen LogP contribution is -2.01. The van der Waals surface area contributed by atoms with Crippen molar-refractivity contribution in [1.82, 2.24) is 10.1 Å². The van der Waals surface area contributed by atoms with E-state index in [9.17, 15) is 4.79 Å². The van der Waals surface area contributed by atoms with Gasteiger partial charge in [0.05, 0.1) is 0 Å². The first-order valence-corrected chi connectivity index (χ1v) is 6.81. The molecular formula is C17H14N2O3. The van der Waals surface area contributed by atoms with Crippen molar-refractivity contribution in [2.45, 2.75) is 13.8 Å². The molecule has 0 unspecified atom stereocenters. The summed E-state index contributed by atoms with van der Waals surface area (Å²) in [6.07, 6.45) is 0. The molecule has 0 aliphatic heterocycles. The highest BCUT2D eigenvalue weighted by molar-refractivity contribution is 5.70. The molecule has 22 heavy (non-hydrogen) atoms. The van der Waals surface area contributed by atoms with Gasteiger partial charge < -0.3 is 9.26 Å². The van der Waals surface area contributed by atoms with E-state index >= 15 is 0 Å². The number of nitrogens with zero attached hydrogens (tertiary/aromatic N) is 2. The van der Waals surface area contributed by atoms with Gasteiger partial charge in [-0.15, -0.1) is 0 Å². The van der Waals surface area contributed by atoms with E-state index in [0.717, 1.165) is 5.56 Å². The van der Waals surface area contributed by atoms with E-state index in [1.165, 1.54) is 12.5 Å². The molecule has 0 aliphatic rings. The van der Waals surface area contributed by atoms with Crippen molar-refractivity contribution in [1.29, 1.82) is 0 Å². The molecule has 0 amide bonds. The molecule has 5 heteroatoms. The van der Waals surface area contributed by atoms with Crippen molar-refractivity contribution in [2.75, 3.05) is 0 Å². The van der Waals surface area contributed by atoms with Crippen LogP contribution < -0.4 is 4.74 Å². The highest BCUT2D eigenvalue weighted by Gasteiger charge is 2.11. The molecule has 2 aromatic carbocycles. The number of carbonyl (C=O) groups is 1. The summed E-state index contributed by atoms with van der Waals surface area (Å²) < 4.78 is 10.3. The highest BCUT2D eigenvalue weighted by Crippen LogP contribution is 2.25. The molecule has 0 aliphatic carbocycles. The number of aromatic nitrogens is 2. The standard InChI is InChI=1S/C17H14N2O3/c1-11-6-8-13(9-7-11)16-18-17(22-19-16)14-4-3-5-15(10-14)21-12(2)20/h3-10H,1-2H3. The van der Waals surface area contributed by atoms with E-state index in [4.69, 9.17) is 9.26 Å². The summed E-state index contributed by atoms with van der Waals surface area (Å²) in [7, 11) is 0. The van der Waals surface area contributed by atoms with Gasteiger partial charge in [0.1, 0.15) is 5.75 Å². The average molecular weight is 294 g/mol. The average Bonchev–Trinajstić information content (AvgIpc) is 2.97. The molecule has 0 N–H and O–H groups in total. The number of carbonyl (C=O) groups excluding carboxylic acids is 1. The minimum atomic E-state index is -0.372. The van der Waals surface area contributed by atoms with Crippen LogP contribution in [0.4, 0.5) is 0 Å². The maximum absolute atomic E-state index is 11.0. The van der Waals surface area contributed by atoms with Crippen molar-refractivity contribution in [3.05, 3.63) is 54.1 Å². The van der Waals surface area contributed by atoms with Crippen LogP contribution in [0.2, 0.25) is 0 Å². The Hall–Kier alpha value is -2.95. The van der Waals surface area contributed by atoms with Crippen LogP contribution in [0, 0.1) is 6.92 Å². The summed E-state index contributed by atoms with van der Waals surface area (Å²) in [6.45, 7) is 3.38. The maximum Gasteiger partial charge on any atom is 0.308 e. The van der Waals surface area contributed by atoms with Crippen LogP contribution in [-0.2, 0) is 4.79 Å². The van der Waals surface area contributed by atoms with Crippen LogP contribution in [0.25, 0.3) is 22.8 Å². The summed E-state index contributed by atoms with van der Waals surface area (Å²) in [4.78, 5) is 15.4. The van der Waals surface area contributed by atoms with Gasteiger partial charge in [0.25, 0.3) is 5.89 Å². The second-order valence-corrected chi connectivity index (χ2v) is 4.91. The van der Waals surface area contributed by atoms with Gasteiger partial charge in [0.2, 0.25) is 5.82 Å². The molecule has 1 aromatic heterocycles. The van der Waals surface area contributed by atoms with Crippen LogP contribution in [0.3, 0.4) is 0 Å². The lowest BCUT2D eigenvalue weighted by molar-refractivity contribution is -0.131. The molecule has 0 atom stereocenters. The number of rotatable bonds is 3. The van der Waals surface area contributed by atoms with Crippen LogP contribution in [-0.4, -0.2) is 16.1 Å². The molecule has 0 spiro atoms. The second-order valence-electron chi connectivity index (χ2n) is 4.91. The Morgan fingerprint density at radius 1 is 1.09 bits per heavy atom. The Morgan fingerprint density at radius 3 is 2.59 bits per heavy atom. The van der Waals surface area contributed by atoms with Crippen LogP contribution >= 0.6 is 0 Å². The van der Waals surface area contributed by atoms with E-state index in [1.54, 1.807) is 18.2 Å². The monoisotopic (exact) mass is 294 g/mol. The zero-order valence-corrected chi connectivity index (χ0v) is 12.2. The topological polar surface area (TPSA) is 65.2 Å². The summed E-state index contributed by atoms with van der Waals surface area (Å²) >= 11 is 0. The summed E-state index contributed by atoms with van der Waals surface area (Å²) in [6, 6.07) is 14.8. The van der Waals surface area contributed by atoms with Gasteiger partial charge in [-0.1, -0.05) is 41.1 Å². The Morgan fingerprint density at radius 2 is 1.86 bits per heavy atom. The molecule has 3 aromatic rings. The lowest BCUT2D eigenvalue weighted by atomic mass is 10.1. The third-order valence-electron chi connectivity index (χ3n) is 3.08. The number of hydrogen-bond donors (Lipinski definition) is 0. The number of benzene rings is 2. The lowest BCUT2D eigenvalue weighted by Gasteiger charge is -2.01. The molecule has 0 saturated heterocycles. The predicted octanol–water partition coefficient (Wildman–Crippen LogP) is 3.64. The van der Waals surface area contributed by atoms with E-state index in [0.29, 0.717) is 23.0 Å². The van der Waals surface area contributed by atoms with Gasteiger partial charge in [-0.05, 0) is 25.1 Å². The zero-order valence-electron chi connectivity index (χ0n) is 12.2. The molecule has 110 valence electrons. The van der Waals surface area contributed by atoms with Gasteiger partial charge >= 0.3 is 5.97 Å². The quantitative estimate of drug-likeness (QED) is 0.545. The van der Waals surface area contributed by atoms with Gasteiger partial charge in [-0.2, -0.15) is 4.98 Å². The first-order valence-electron chi connectivity index (χ1n) is 6.81. The normalized spacial score (nSPS) is 10.5. The second kappa shape index (κ2) is 5.81. The van der Waals surface area contributed by atoms with Gasteiger partial charge in [-0.25, -0.2) is 0 Å². The van der Waals surface area contributed by atoms with Crippen molar-refractivity contribution in [2.24, 2.45) is 0 Å². The predicted molar refractivity (Wildman–Crippen MR) is 81.2 cm³/mol. The minimum Gasteiger partial charge on any atom is -0.427 e. The summed E-state index contributed by atoms with van der Waals surface area (Å²) in [5.41, 5.74) is 2.75. The van der Waals surface area contributed by atoms with E-state index in [1.807, 2.05) is 37.3 Å². The Kier molecular flexibility index (Phi) is 3.70. The Labute approximate surface area is 127 Å². The summed E-state index contributed by atoms with van der Waals surface area (Å²) in [5, 5.41) is 3.99. The van der Waals surface area contributed by atoms with E-state index in [2.05, 4.69) is 10.1 Å². The van der Waals surface area contributed by atoms with Gasteiger partial charge in [-0.3, -0.25) is 4.79 Å². The Bertz CT molecular complexity index is 807. The van der Waals surface area contributed by atoms with Crippen LogP contribution in [0.15, 0.2) is 53.1 Å². The fourth-order valence-corrected chi connectivity index (χ4v) is 2.02. The number of hydrogen-bond acceptors (Lipinski definition) is 5. The number of ether oxygens (including phenoxy) is 1. The van der Waals surface area contributed by atoms with Crippen LogP contribution in [0.5, 0.6) is 5.75 Å². The fraction of sp³-hybridized carbons (Fsp3) is 0.118. The number of aryl methyl sites for hydroxylation is 1. The molecule has 1 heterocycles. The molecular weight excluding hydrogens is 280 g/mol. The van der Waals surface area contributed by atoms with Crippen LogP contribution in [0.1, 0.15) is 12.5 Å². The van der Waals surface area contributed by atoms with E-state index in [-0.39, 0.29) is 5.97 Å². The Balaban J connectivity index is 1.90. The summed E-state index contributed by atoms with van der Waals surface area (Å²) in [5.74, 6) is 0.973. The largest absolute Gasteiger partial charge is 0.427 e.